The molecule has 0 saturated carbocycles. The van der Waals surface area contributed by atoms with E-state index in [0.717, 1.165) is 5.56 Å². The highest BCUT2D eigenvalue weighted by Gasteiger charge is 2.06. The smallest absolute Gasteiger partial charge is 0.133 e. The minimum atomic E-state index is -0.426. The van der Waals surface area contributed by atoms with E-state index in [1.807, 2.05) is 6.07 Å². The normalized spacial score (nSPS) is 12.9. The molecule has 0 bridgehead atoms. The van der Waals surface area contributed by atoms with Crippen LogP contribution in [0.3, 0.4) is 0 Å². The maximum absolute atomic E-state index is 9.49. The molecule has 1 atom stereocenters. The molecule has 0 aliphatic rings. The van der Waals surface area contributed by atoms with Gasteiger partial charge in [-0.1, -0.05) is 12.1 Å². The van der Waals surface area contributed by atoms with Gasteiger partial charge in [-0.3, -0.25) is 0 Å². The van der Waals surface area contributed by atoms with Crippen molar-refractivity contribution in [3.63, 3.8) is 0 Å². The Hall–Kier alpha value is -0.540. The van der Waals surface area contributed by atoms with Crippen LogP contribution in [0.1, 0.15) is 12.5 Å². The summed E-state index contributed by atoms with van der Waals surface area (Å²) in [6, 6.07) is 5.40. The van der Waals surface area contributed by atoms with Gasteiger partial charge in [0.2, 0.25) is 0 Å². The number of rotatable bonds is 2. The second-order valence-corrected chi connectivity index (χ2v) is 3.66. The molecule has 0 radical (unpaired) electrons. The van der Waals surface area contributed by atoms with Crippen molar-refractivity contribution in [2.75, 3.05) is 0 Å². The SMILES string of the molecule is CC(O)Cc1cccc(Br)c1O. The van der Waals surface area contributed by atoms with Crippen LogP contribution in [-0.4, -0.2) is 16.3 Å². The fourth-order valence-corrected chi connectivity index (χ4v) is 1.45. The summed E-state index contributed by atoms with van der Waals surface area (Å²) in [5, 5.41) is 18.6. The zero-order chi connectivity index (χ0) is 9.14. The average molecular weight is 231 g/mol. The fourth-order valence-electron chi connectivity index (χ4n) is 1.04. The molecule has 0 aliphatic carbocycles. The van der Waals surface area contributed by atoms with Gasteiger partial charge in [0.25, 0.3) is 0 Å². The molecule has 2 N–H and O–H groups in total. The van der Waals surface area contributed by atoms with Crippen molar-refractivity contribution in [3.05, 3.63) is 28.2 Å². The third-order valence-corrected chi connectivity index (χ3v) is 2.23. The predicted molar refractivity (Wildman–Crippen MR) is 51.2 cm³/mol. The van der Waals surface area contributed by atoms with Crippen molar-refractivity contribution in [3.8, 4) is 5.75 Å². The summed E-state index contributed by atoms with van der Waals surface area (Å²) >= 11 is 3.20. The second kappa shape index (κ2) is 3.92. The monoisotopic (exact) mass is 230 g/mol. The molecule has 0 spiro atoms. The lowest BCUT2D eigenvalue weighted by atomic mass is 10.1. The largest absolute Gasteiger partial charge is 0.506 e. The van der Waals surface area contributed by atoms with Crippen molar-refractivity contribution in [1.82, 2.24) is 0 Å². The highest BCUT2D eigenvalue weighted by atomic mass is 79.9. The summed E-state index contributed by atoms with van der Waals surface area (Å²) in [5.41, 5.74) is 0.763. The quantitative estimate of drug-likeness (QED) is 0.817. The van der Waals surface area contributed by atoms with Crippen molar-refractivity contribution in [1.29, 1.82) is 0 Å². The highest BCUT2D eigenvalue weighted by Crippen LogP contribution is 2.28. The van der Waals surface area contributed by atoms with E-state index in [1.54, 1.807) is 19.1 Å². The lowest BCUT2D eigenvalue weighted by Gasteiger charge is -2.07. The van der Waals surface area contributed by atoms with E-state index in [0.29, 0.717) is 10.9 Å². The van der Waals surface area contributed by atoms with E-state index in [-0.39, 0.29) is 5.75 Å². The second-order valence-electron chi connectivity index (χ2n) is 2.80. The zero-order valence-electron chi connectivity index (χ0n) is 6.79. The Kier molecular flexibility index (Phi) is 3.12. The first-order valence-electron chi connectivity index (χ1n) is 3.75. The number of benzene rings is 1. The van der Waals surface area contributed by atoms with Gasteiger partial charge >= 0.3 is 0 Å². The van der Waals surface area contributed by atoms with Crippen LogP contribution in [-0.2, 0) is 6.42 Å². The molecular weight excluding hydrogens is 220 g/mol. The molecule has 66 valence electrons. The van der Waals surface area contributed by atoms with E-state index in [1.165, 1.54) is 0 Å². The molecule has 0 aliphatic heterocycles. The summed E-state index contributed by atoms with van der Waals surface area (Å²) in [6.45, 7) is 1.69. The number of aliphatic hydroxyl groups excluding tert-OH is 1. The number of halogens is 1. The van der Waals surface area contributed by atoms with E-state index in [2.05, 4.69) is 15.9 Å². The molecule has 0 amide bonds. The molecule has 0 aromatic heterocycles. The Balaban J connectivity index is 2.92. The molecule has 0 saturated heterocycles. The van der Waals surface area contributed by atoms with Crippen molar-refractivity contribution >= 4 is 15.9 Å². The number of hydrogen-bond donors (Lipinski definition) is 2. The Labute approximate surface area is 80.0 Å². The molecule has 3 heteroatoms. The number of aliphatic hydroxyl groups is 1. The van der Waals surface area contributed by atoms with Gasteiger partial charge in [-0.15, -0.1) is 0 Å². The third kappa shape index (κ3) is 2.22. The molecule has 0 heterocycles. The van der Waals surface area contributed by atoms with Gasteiger partial charge in [0, 0.05) is 6.42 Å². The van der Waals surface area contributed by atoms with Crippen LogP contribution in [0.15, 0.2) is 22.7 Å². The molecule has 1 rings (SSSR count). The first kappa shape index (κ1) is 9.55. The maximum atomic E-state index is 9.49. The number of aromatic hydroxyl groups is 1. The van der Waals surface area contributed by atoms with Gasteiger partial charge in [0.05, 0.1) is 10.6 Å². The van der Waals surface area contributed by atoms with E-state index in [4.69, 9.17) is 5.11 Å². The Bertz CT molecular complexity index is 271. The standard InChI is InChI=1S/C9H11BrO2/c1-6(11)5-7-3-2-4-8(10)9(7)12/h2-4,6,11-12H,5H2,1H3. The van der Waals surface area contributed by atoms with Crippen molar-refractivity contribution in [2.45, 2.75) is 19.4 Å². The van der Waals surface area contributed by atoms with E-state index >= 15 is 0 Å². The predicted octanol–water partition coefficient (Wildman–Crippen LogP) is 2.08. The van der Waals surface area contributed by atoms with Crippen LogP contribution >= 0.6 is 15.9 Å². The van der Waals surface area contributed by atoms with Crippen LogP contribution in [0.2, 0.25) is 0 Å². The number of phenolic OH excluding ortho intramolecular Hbond substituents is 1. The summed E-state index contributed by atoms with van der Waals surface area (Å²) in [4.78, 5) is 0. The lowest BCUT2D eigenvalue weighted by molar-refractivity contribution is 0.194. The lowest BCUT2D eigenvalue weighted by Crippen LogP contribution is -2.04. The number of para-hydroxylation sites is 1. The minimum Gasteiger partial charge on any atom is -0.506 e. The van der Waals surface area contributed by atoms with Crippen LogP contribution < -0.4 is 0 Å². The van der Waals surface area contributed by atoms with Gasteiger partial charge in [-0.2, -0.15) is 0 Å². The van der Waals surface area contributed by atoms with Crippen molar-refractivity contribution < 1.29 is 10.2 Å². The number of phenols is 1. The van der Waals surface area contributed by atoms with Gasteiger partial charge in [-0.25, -0.2) is 0 Å². The van der Waals surface area contributed by atoms with Crippen molar-refractivity contribution in [2.24, 2.45) is 0 Å². The average Bonchev–Trinajstić information content (AvgIpc) is 1.98. The van der Waals surface area contributed by atoms with Gasteiger partial charge in [-0.05, 0) is 34.5 Å². The summed E-state index contributed by atoms with van der Waals surface area (Å²) < 4.78 is 0.667. The minimum absolute atomic E-state index is 0.221. The Morgan fingerprint density at radius 2 is 2.17 bits per heavy atom. The third-order valence-electron chi connectivity index (χ3n) is 1.59. The summed E-state index contributed by atoms with van der Waals surface area (Å²) in [5.74, 6) is 0.221. The van der Waals surface area contributed by atoms with Crippen LogP contribution in [0, 0.1) is 0 Å². The number of hydrogen-bond acceptors (Lipinski definition) is 2. The zero-order valence-corrected chi connectivity index (χ0v) is 8.37. The van der Waals surface area contributed by atoms with Crippen LogP contribution in [0.25, 0.3) is 0 Å². The molecule has 12 heavy (non-hydrogen) atoms. The fraction of sp³-hybridized carbons (Fsp3) is 0.333. The highest BCUT2D eigenvalue weighted by molar-refractivity contribution is 9.10. The summed E-state index contributed by atoms with van der Waals surface area (Å²) in [7, 11) is 0. The first-order valence-corrected chi connectivity index (χ1v) is 4.55. The molecule has 0 fully saturated rings. The Morgan fingerprint density at radius 3 is 2.75 bits per heavy atom. The first-order chi connectivity index (χ1) is 5.61. The molecular formula is C9H11BrO2. The Morgan fingerprint density at radius 1 is 1.50 bits per heavy atom. The van der Waals surface area contributed by atoms with E-state index in [9.17, 15) is 5.11 Å². The van der Waals surface area contributed by atoms with Gasteiger partial charge in [0.15, 0.2) is 0 Å². The topological polar surface area (TPSA) is 40.5 Å². The van der Waals surface area contributed by atoms with Crippen LogP contribution in [0.4, 0.5) is 0 Å². The molecule has 2 nitrogen and oxygen atoms in total. The maximum Gasteiger partial charge on any atom is 0.133 e. The molecule has 1 aromatic rings. The molecule has 1 unspecified atom stereocenters. The van der Waals surface area contributed by atoms with Gasteiger partial charge in [0.1, 0.15) is 5.75 Å². The molecule has 1 aromatic carbocycles. The van der Waals surface area contributed by atoms with E-state index < -0.39 is 6.10 Å². The van der Waals surface area contributed by atoms with Gasteiger partial charge < -0.3 is 10.2 Å². The van der Waals surface area contributed by atoms with Crippen LogP contribution in [0.5, 0.6) is 5.75 Å². The summed E-state index contributed by atoms with van der Waals surface area (Å²) in [6.07, 6.45) is 0.0517.